The van der Waals surface area contributed by atoms with Crippen molar-refractivity contribution in [2.24, 2.45) is 0 Å². The zero-order valence-electron chi connectivity index (χ0n) is 7.23. The van der Waals surface area contributed by atoms with E-state index < -0.39 is 6.30 Å². The molecule has 0 radical (unpaired) electrons. The van der Waals surface area contributed by atoms with Gasteiger partial charge in [-0.15, -0.1) is 0 Å². The summed E-state index contributed by atoms with van der Waals surface area (Å²) in [4.78, 5) is 0. The Kier molecular flexibility index (Phi) is 3.27. The molecule has 3 heteroatoms. The molecule has 2 nitrogen and oxygen atoms in total. The van der Waals surface area contributed by atoms with Crippen molar-refractivity contribution in [2.75, 3.05) is 6.54 Å². The van der Waals surface area contributed by atoms with Crippen LogP contribution in [0.15, 0.2) is 0 Å². The number of rotatable bonds is 2. The van der Waals surface area contributed by atoms with Crippen LogP contribution in [0, 0.1) is 0 Å². The summed E-state index contributed by atoms with van der Waals surface area (Å²) >= 11 is 0. The minimum Gasteiger partial charge on any atom is -0.308 e. The number of hydrogen-bond acceptors (Lipinski definition) is 2. The highest BCUT2D eigenvalue weighted by Gasteiger charge is 2.23. The molecule has 11 heavy (non-hydrogen) atoms. The standard InChI is InChI=1S/C8H17FN2/c1-6(2)11-7-4-3-5-10-8(7)9/h6-8,10-11H,3-5H2,1-2H3. The van der Waals surface area contributed by atoms with Gasteiger partial charge in [0.05, 0.1) is 6.04 Å². The summed E-state index contributed by atoms with van der Waals surface area (Å²) in [6.07, 6.45) is 1.17. The molecule has 1 aliphatic heterocycles. The SMILES string of the molecule is CC(C)NC1CCCNC1F. The summed E-state index contributed by atoms with van der Waals surface area (Å²) in [7, 11) is 0. The Morgan fingerprint density at radius 3 is 2.82 bits per heavy atom. The van der Waals surface area contributed by atoms with Gasteiger partial charge in [-0.05, 0) is 19.4 Å². The maximum absolute atomic E-state index is 13.0. The van der Waals surface area contributed by atoms with Crippen LogP contribution in [0.5, 0.6) is 0 Å². The van der Waals surface area contributed by atoms with Crippen LogP contribution in [-0.2, 0) is 0 Å². The molecule has 0 spiro atoms. The fraction of sp³-hybridized carbons (Fsp3) is 1.00. The van der Waals surface area contributed by atoms with E-state index in [4.69, 9.17) is 0 Å². The first kappa shape index (κ1) is 8.94. The van der Waals surface area contributed by atoms with Gasteiger partial charge in [0, 0.05) is 6.04 Å². The van der Waals surface area contributed by atoms with Crippen LogP contribution in [0.2, 0.25) is 0 Å². The molecule has 0 aromatic heterocycles. The second kappa shape index (κ2) is 4.02. The van der Waals surface area contributed by atoms with E-state index in [1.807, 2.05) is 13.8 Å². The Labute approximate surface area is 67.6 Å². The molecule has 1 aliphatic rings. The van der Waals surface area contributed by atoms with Gasteiger partial charge in [0.1, 0.15) is 0 Å². The van der Waals surface area contributed by atoms with Crippen molar-refractivity contribution in [1.29, 1.82) is 0 Å². The van der Waals surface area contributed by atoms with Crippen LogP contribution < -0.4 is 10.6 Å². The summed E-state index contributed by atoms with van der Waals surface area (Å²) in [6.45, 7) is 4.90. The van der Waals surface area contributed by atoms with Crippen LogP contribution in [-0.4, -0.2) is 24.9 Å². The van der Waals surface area contributed by atoms with Gasteiger partial charge in [-0.3, -0.25) is 5.32 Å². The molecular formula is C8H17FN2. The Morgan fingerprint density at radius 1 is 1.55 bits per heavy atom. The van der Waals surface area contributed by atoms with Crippen molar-refractivity contribution < 1.29 is 4.39 Å². The second-order valence-corrected chi connectivity index (χ2v) is 3.43. The number of nitrogens with one attached hydrogen (secondary N) is 2. The molecule has 0 aliphatic carbocycles. The molecule has 2 atom stereocenters. The van der Waals surface area contributed by atoms with Crippen molar-refractivity contribution in [3.8, 4) is 0 Å². The van der Waals surface area contributed by atoms with Crippen molar-refractivity contribution in [3.63, 3.8) is 0 Å². The summed E-state index contributed by atoms with van der Waals surface area (Å²) in [6, 6.07) is 0.391. The maximum Gasteiger partial charge on any atom is 0.166 e. The Balaban J connectivity index is 2.29. The van der Waals surface area contributed by atoms with Crippen LogP contribution >= 0.6 is 0 Å². The van der Waals surface area contributed by atoms with Gasteiger partial charge in [-0.2, -0.15) is 0 Å². The first-order chi connectivity index (χ1) is 5.20. The van der Waals surface area contributed by atoms with Crippen LogP contribution in [0.25, 0.3) is 0 Å². The fourth-order valence-corrected chi connectivity index (χ4v) is 1.45. The molecule has 1 rings (SSSR count). The fourth-order valence-electron chi connectivity index (χ4n) is 1.45. The zero-order chi connectivity index (χ0) is 8.27. The highest BCUT2D eigenvalue weighted by Crippen LogP contribution is 2.09. The Hall–Kier alpha value is -0.150. The number of hydrogen-bond donors (Lipinski definition) is 2. The monoisotopic (exact) mass is 160 g/mol. The lowest BCUT2D eigenvalue weighted by atomic mass is 10.1. The molecule has 0 saturated carbocycles. The van der Waals surface area contributed by atoms with Gasteiger partial charge in [-0.25, -0.2) is 4.39 Å². The predicted octanol–water partition coefficient (Wildman–Crippen LogP) is 1.03. The third kappa shape index (κ3) is 2.75. The minimum atomic E-state index is -0.855. The lowest BCUT2D eigenvalue weighted by Crippen LogP contribution is -2.51. The van der Waals surface area contributed by atoms with E-state index in [1.165, 1.54) is 0 Å². The van der Waals surface area contributed by atoms with Gasteiger partial charge in [0.2, 0.25) is 0 Å². The number of alkyl halides is 1. The van der Waals surface area contributed by atoms with Crippen molar-refractivity contribution in [3.05, 3.63) is 0 Å². The number of piperidine rings is 1. The van der Waals surface area contributed by atoms with Crippen LogP contribution in [0.1, 0.15) is 26.7 Å². The second-order valence-electron chi connectivity index (χ2n) is 3.43. The molecular weight excluding hydrogens is 143 g/mol. The molecule has 66 valence electrons. The summed E-state index contributed by atoms with van der Waals surface area (Å²) in [5, 5.41) is 6.00. The van der Waals surface area contributed by atoms with Gasteiger partial charge in [-0.1, -0.05) is 13.8 Å². The molecule has 1 saturated heterocycles. The highest BCUT2D eigenvalue weighted by molar-refractivity contribution is 4.80. The van der Waals surface area contributed by atoms with Gasteiger partial charge in [0.15, 0.2) is 6.30 Å². The van der Waals surface area contributed by atoms with E-state index in [1.54, 1.807) is 0 Å². The van der Waals surface area contributed by atoms with E-state index in [-0.39, 0.29) is 6.04 Å². The third-order valence-corrected chi connectivity index (χ3v) is 1.93. The largest absolute Gasteiger partial charge is 0.308 e. The average Bonchev–Trinajstić information content (AvgIpc) is 1.93. The first-order valence-electron chi connectivity index (χ1n) is 4.33. The van der Waals surface area contributed by atoms with Crippen molar-refractivity contribution in [1.82, 2.24) is 10.6 Å². The smallest absolute Gasteiger partial charge is 0.166 e. The van der Waals surface area contributed by atoms with Crippen molar-refractivity contribution >= 4 is 0 Å². The molecule has 1 fully saturated rings. The predicted molar refractivity (Wildman–Crippen MR) is 44.2 cm³/mol. The summed E-state index contributed by atoms with van der Waals surface area (Å²) in [5.41, 5.74) is 0. The topological polar surface area (TPSA) is 24.1 Å². The summed E-state index contributed by atoms with van der Waals surface area (Å²) in [5.74, 6) is 0. The van der Waals surface area contributed by atoms with E-state index in [0.29, 0.717) is 6.04 Å². The van der Waals surface area contributed by atoms with Gasteiger partial charge >= 0.3 is 0 Å². The molecule has 2 N–H and O–H groups in total. The Bertz CT molecular complexity index is 117. The number of halogens is 1. The first-order valence-corrected chi connectivity index (χ1v) is 4.33. The van der Waals surface area contributed by atoms with Gasteiger partial charge in [0.25, 0.3) is 0 Å². The molecule has 0 amide bonds. The Morgan fingerprint density at radius 2 is 2.27 bits per heavy atom. The molecule has 0 bridgehead atoms. The lowest BCUT2D eigenvalue weighted by Gasteiger charge is -2.29. The maximum atomic E-state index is 13.0. The quantitative estimate of drug-likeness (QED) is 0.590. The third-order valence-electron chi connectivity index (χ3n) is 1.93. The van der Waals surface area contributed by atoms with E-state index in [9.17, 15) is 4.39 Å². The molecule has 0 aromatic rings. The zero-order valence-corrected chi connectivity index (χ0v) is 7.23. The molecule has 2 unspecified atom stereocenters. The van der Waals surface area contributed by atoms with E-state index in [2.05, 4.69) is 10.6 Å². The highest BCUT2D eigenvalue weighted by atomic mass is 19.1. The minimum absolute atomic E-state index is 0.0174. The lowest BCUT2D eigenvalue weighted by molar-refractivity contribution is 0.160. The molecule has 0 aromatic carbocycles. The van der Waals surface area contributed by atoms with E-state index >= 15 is 0 Å². The van der Waals surface area contributed by atoms with Crippen LogP contribution in [0.4, 0.5) is 4.39 Å². The van der Waals surface area contributed by atoms with Crippen LogP contribution in [0.3, 0.4) is 0 Å². The van der Waals surface area contributed by atoms with Crippen molar-refractivity contribution in [2.45, 2.75) is 45.1 Å². The summed E-state index contributed by atoms with van der Waals surface area (Å²) < 4.78 is 13.0. The van der Waals surface area contributed by atoms with E-state index in [0.717, 1.165) is 19.4 Å². The normalized spacial score (nSPS) is 32.7. The molecule has 1 heterocycles. The average molecular weight is 160 g/mol. The van der Waals surface area contributed by atoms with Gasteiger partial charge < -0.3 is 5.32 Å².